The third-order valence-corrected chi connectivity index (χ3v) is 4.69. The van der Waals surface area contributed by atoms with Gasteiger partial charge in [-0.15, -0.1) is 0 Å². The van der Waals surface area contributed by atoms with Crippen LogP contribution in [0.3, 0.4) is 0 Å². The lowest BCUT2D eigenvalue weighted by Gasteiger charge is -2.36. The first-order valence-electron chi connectivity index (χ1n) is 8.23. The number of piperazine rings is 1. The van der Waals surface area contributed by atoms with Crippen LogP contribution in [-0.4, -0.2) is 37.0 Å². The van der Waals surface area contributed by atoms with Crippen LogP contribution in [0.2, 0.25) is 0 Å². The van der Waals surface area contributed by atoms with E-state index in [0.717, 1.165) is 37.3 Å². The van der Waals surface area contributed by atoms with Crippen LogP contribution in [0.5, 0.6) is 0 Å². The third-order valence-electron chi connectivity index (χ3n) is 4.69. The lowest BCUT2D eigenvalue weighted by atomic mass is 10.1. The number of hydrogen-bond donors (Lipinski definition) is 0. The Morgan fingerprint density at radius 2 is 1.61 bits per heavy atom. The fraction of sp³-hybridized carbons (Fsp3) is 0.350. The van der Waals surface area contributed by atoms with Gasteiger partial charge in [0.15, 0.2) is 0 Å². The number of carbonyl (C=O) groups excluding carboxylic acids is 1. The Morgan fingerprint density at radius 1 is 0.870 bits per heavy atom. The molecule has 0 spiro atoms. The standard InChI is InChI=1S/C20H24N2O/c1-15-5-4-6-18(13-15)20(23)22-11-9-21(10-12-22)19-8-7-16(2)17(3)14-19/h4-8,13-14H,9-12H2,1-3H3. The topological polar surface area (TPSA) is 23.6 Å². The van der Waals surface area contributed by atoms with E-state index in [1.165, 1.54) is 16.8 Å². The van der Waals surface area contributed by atoms with Crippen LogP contribution in [0, 0.1) is 20.8 Å². The Morgan fingerprint density at radius 3 is 2.26 bits per heavy atom. The molecule has 0 unspecified atom stereocenters. The van der Waals surface area contributed by atoms with Crippen LogP contribution in [0.25, 0.3) is 0 Å². The van der Waals surface area contributed by atoms with E-state index in [0.29, 0.717) is 0 Å². The molecule has 1 aliphatic heterocycles. The van der Waals surface area contributed by atoms with Crippen molar-refractivity contribution < 1.29 is 4.79 Å². The quantitative estimate of drug-likeness (QED) is 0.846. The second kappa shape index (κ2) is 6.45. The Balaban J connectivity index is 1.66. The molecule has 0 N–H and O–H groups in total. The highest BCUT2D eigenvalue weighted by Crippen LogP contribution is 2.21. The van der Waals surface area contributed by atoms with Crippen LogP contribution in [0.15, 0.2) is 42.5 Å². The minimum absolute atomic E-state index is 0.147. The van der Waals surface area contributed by atoms with Crippen molar-refractivity contribution in [2.45, 2.75) is 20.8 Å². The smallest absolute Gasteiger partial charge is 0.253 e. The lowest BCUT2D eigenvalue weighted by Crippen LogP contribution is -2.48. The SMILES string of the molecule is Cc1cccc(C(=O)N2CCN(c3ccc(C)c(C)c3)CC2)c1. The number of rotatable bonds is 2. The molecule has 0 atom stereocenters. The molecule has 120 valence electrons. The highest BCUT2D eigenvalue weighted by atomic mass is 16.2. The molecule has 0 radical (unpaired) electrons. The van der Waals surface area contributed by atoms with E-state index in [-0.39, 0.29) is 5.91 Å². The minimum atomic E-state index is 0.147. The molecular formula is C20H24N2O. The van der Waals surface area contributed by atoms with Crippen LogP contribution in [0.4, 0.5) is 5.69 Å². The van der Waals surface area contributed by atoms with Crippen molar-refractivity contribution in [3.05, 3.63) is 64.7 Å². The number of amides is 1. The zero-order valence-electron chi connectivity index (χ0n) is 14.2. The summed E-state index contributed by atoms with van der Waals surface area (Å²) in [6.07, 6.45) is 0. The van der Waals surface area contributed by atoms with Crippen molar-refractivity contribution in [2.75, 3.05) is 31.1 Å². The van der Waals surface area contributed by atoms with E-state index in [1.807, 2.05) is 36.1 Å². The summed E-state index contributed by atoms with van der Waals surface area (Å²) < 4.78 is 0. The molecule has 23 heavy (non-hydrogen) atoms. The maximum atomic E-state index is 12.6. The molecule has 1 saturated heterocycles. The van der Waals surface area contributed by atoms with Crippen molar-refractivity contribution in [3.63, 3.8) is 0 Å². The zero-order chi connectivity index (χ0) is 16.4. The fourth-order valence-corrected chi connectivity index (χ4v) is 3.05. The molecule has 0 saturated carbocycles. The summed E-state index contributed by atoms with van der Waals surface area (Å²) >= 11 is 0. The summed E-state index contributed by atoms with van der Waals surface area (Å²) in [5.41, 5.74) is 5.83. The van der Waals surface area contributed by atoms with Gasteiger partial charge in [-0.2, -0.15) is 0 Å². The molecule has 1 heterocycles. The molecule has 3 nitrogen and oxygen atoms in total. The third kappa shape index (κ3) is 3.39. The van der Waals surface area contributed by atoms with Gasteiger partial charge >= 0.3 is 0 Å². The molecule has 0 aromatic heterocycles. The Hall–Kier alpha value is -2.29. The van der Waals surface area contributed by atoms with E-state index < -0.39 is 0 Å². The molecule has 1 aliphatic rings. The summed E-state index contributed by atoms with van der Waals surface area (Å²) in [4.78, 5) is 16.9. The van der Waals surface area contributed by atoms with Gasteiger partial charge in [0.05, 0.1) is 0 Å². The summed E-state index contributed by atoms with van der Waals surface area (Å²) in [6, 6.07) is 14.5. The van der Waals surface area contributed by atoms with Crippen molar-refractivity contribution in [3.8, 4) is 0 Å². The predicted octanol–water partition coefficient (Wildman–Crippen LogP) is 3.57. The molecule has 2 aromatic carbocycles. The Labute approximate surface area is 138 Å². The summed E-state index contributed by atoms with van der Waals surface area (Å²) in [6.45, 7) is 9.64. The monoisotopic (exact) mass is 308 g/mol. The molecule has 2 aromatic rings. The number of benzene rings is 2. The van der Waals surface area contributed by atoms with Crippen LogP contribution >= 0.6 is 0 Å². The van der Waals surface area contributed by atoms with Gasteiger partial charge in [0.1, 0.15) is 0 Å². The average Bonchev–Trinajstić information content (AvgIpc) is 2.57. The molecule has 1 fully saturated rings. The largest absolute Gasteiger partial charge is 0.368 e. The van der Waals surface area contributed by atoms with Gasteiger partial charge in [-0.25, -0.2) is 0 Å². The normalized spacial score (nSPS) is 14.9. The van der Waals surface area contributed by atoms with Gasteiger partial charge < -0.3 is 9.80 Å². The van der Waals surface area contributed by atoms with Gasteiger partial charge in [0.25, 0.3) is 5.91 Å². The maximum Gasteiger partial charge on any atom is 0.253 e. The maximum absolute atomic E-state index is 12.6. The van der Waals surface area contributed by atoms with Gasteiger partial charge in [-0.1, -0.05) is 23.8 Å². The molecule has 0 bridgehead atoms. The van der Waals surface area contributed by atoms with E-state index in [4.69, 9.17) is 0 Å². The number of nitrogens with zero attached hydrogens (tertiary/aromatic N) is 2. The van der Waals surface area contributed by atoms with Crippen molar-refractivity contribution >= 4 is 11.6 Å². The van der Waals surface area contributed by atoms with Gasteiger partial charge in [-0.3, -0.25) is 4.79 Å². The summed E-state index contributed by atoms with van der Waals surface area (Å²) in [5, 5.41) is 0. The highest BCUT2D eigenvalue weighted by molar-refractivity contribution is 5.94. The second-order valence-corrected chi connectivity index (χ2v) is 6.42. The van der Waals surface area contributed by atoms with Crippen molar-refractivity contribution in [1.82, 2.24) is 4.90 Å². The van der Waals surface area contributed by atoms with E-state index >= 15 is 0 Å². The van der Waals surface area contributed by atoms with Crippen LogP contribution < -0.4 is 4.90 Å². The number of anilines is 1. The van der Waals surface area contributed by atoms with E-state index in [2.05, 4.69) is 36.9 Å². The van der Waals surface area contributed by atoms with E-state index in [9.17, 15) is 4.79 Å². The summed E-state index contributed by atoms with van der Waals surface area (Å²) in [7, 11) is 0. The fourth-order valence-electron chi connectivity index (χ4n) is 3.05. The Kier molecular flexibility index (Phi) is 4.37. The minimum Gasteiger partial charge on any atom is -0.368 e. The molecule has 1 amide bonds. The van der Waals surface area contributed by atoms with Gasteiger partial charge in [0, 0.05) is 37.4 Å². The molecular weight excluding hydrogens is 284 g/mol. The van der Waals surface area contributed by atoms with Crippen LogP contribution in [0.1, 0.15) is 27.0 Å². The lowest BCUT2D eigenvalue weighted by molar-refractivity contribution is 0.0746. The first kappa shape index (κ1) is 15.6. The first-order chi connectivity index (χ1) is 11.0. The second-order valence-electron chi connectivity index (χ2n) is 6.42. The average molecular weight is 308 g/mol. The van der Waals surface area contributed by atoms with Crippen LogP contribution in [-0.2, 0) is 0 Å². The van der Waals surface area contributed by atoms with E-state index in [1.54, 1.807) is 0 Å². The van der Waals surface area contributed by atoms with Crippen molar-refractivity contribution in [1.29, 1.82) is 0 Å². The first-order valence-corrected chi connectivity index (χ1v) is 8.23. The molecule has 3 rings (SSSR count). The molecule has 0 aliphatic carbocycles. The van der Waals surface area contributed by atoms with Gasteiger partial charge in [0.2, 0.25) is 0 Å². The number of aryl methyl sites for hydroxylation is 3. The number of hydrogen-bond acceptors (Lipinski definition) is 2. The van der Waals surface area contributed by atoms with Gasteiger partial charge in [-0.05, 0) is 56.2 Å². The highest BCUT2D eigenvalue weighted by Gasteiger charge is 2.22. The number of carbonyl (C=O) groups is 1. The van der Waals surface area contributed by atoms with Crippen molar-refractivity contribution in [2.24, 2.45) is 0 Å². The Bertz CT molecular complexity index is 715. The summed E-state index contributed by atoms with van der Waals surface area (Å²) in [5.74, 6) is 0.147. The predicted molar refractivity (Wildman–Crippen MR) is 95.2 cm³/mol. The zero-order valence-corrected chi connectivity index (χ0v) is 14.2. The molecule has 3 heteroatoms.